The van der Waals surface area contributed by atoms with Crippen LogP contribution >= 0.6 is 12.4 Å². The molecule has 1 N–H and O–H groups in total. The van der Waals surface area contributed by atoms with Gasteiger partial charge in [0.05, 0.1) is 19.8 Å². The van der Waals surface area contributed by atoms with Crippen molar-refractivity contribution in [2.75, 3.05) is 58.3 Å². The molecule has 0 unspecified atom stereocenters. The van der Waals surface area contributed by atoms with Gasteiger partial charge in [-0.1, -0.05) is 18.2 Å². The number of carbonyl (C=O) groups excluding carboxylic acids is 2. The van der Waals surface area contributed by atoms with Crippen LogP contribution in [0.2, 0.25) is 0 Å². The summed E-state index contributed by atoms with van der Waals surface area (Å²) in [6.07, 6.45) is 6.02. The molecule has 9 nitrogen and oxygen atoms in total. The summed E-state index contributed by atoms with van der Waals surface area (Å²) in [6, 6.07) is 9.87. The van der Waals surface area contributed by atoms with Gasteiger partial charge >= 0.3 is 0 Å². The SMILES string of the molecule is Cc1oc2ccccc2c1CN(C)C(=O)/C=C/c1cnc2c(c1)CN(CCCN1CCOCC1)CC(=O)N2.Cl. The van der Waals surface area contributed by atoms with Gasteiger partial charge in [-0.25, -0.2) is 4.98 Å². The van der Waals surface area contributed by atoms with Gasteiger partial charge in [0.2, 0.25) is 11.8 Å². The minimum absolute atomic E-state index is 0. The van der Waals surface area contributed by atoms with Gasteiger partial charge in [-0.15, -0.1) is 12.4 Å². The Morgan fingerprint density at radius 2 is 1.92 bits per heavy atom. The lowest BCUT2D eigenvalue weighted by molar-refractivity contribution is -0.125. The van der Waals surface area contributed by atoms with E-state index in [0.29, 0.717) is 25.5 Å². The molecule has 2 aromatic heterocycles. The minimum Gasteiger partial charge on any atom is -0.461 e. The zero-order valence-electron chi connectivity index (χ0n) is 22.5. The van der Waals surface area contributed by atoms with E-state index in [4.69, 9.17) is 9.15 Å². The maximum absolute atomic E-state index is 12.9. The van der Waals surface area contributed by atoms with Crippen molar-refractivity contribution in [1.82, 2.24) is 19.7 Å². The van der Waals surface area contributed by atoms with Gasteiger partial charge in [0.1, 0.15) is 17.2 Å². The van der Waals surface area contributed by atoms with Crippen LogP contribution in [0.4, 0.5) is 5.82 Å². The van der Waals surface area contributed by atoms with Crippen LogP contribution in [0.5, 0.6) is 0 Å². The number of morpholine rings is 1. The molecule has 10 heteroatoms. The number of rotatable bonds is 8. The van der Waals surface area contributed by atoms with Crippen LogP contribution in [0.3, 0.4) is 0 Å². The third-order valence-electron chi connectivity index (χ3n) is 7.15. The summed E-state index contributed by atoms with van der Waals surface area (Å²) >= 11 is 0. The van der Waals surface area contributed by atoms with Crippen molar-refractivity contribution >= 4 is 47.1 Å². The maximum atomic E-state index is 12.9. The largest absolute Gasteiger partial charge is 0.461 e. The molecule has 208 valence electrons. The fourth-order valence-electron chi connectivity index (χ4n) is 5.05. The highest BCUT2D eigenvalue weighted by Gasteiger charge is 2.21. The van der Waals surface area contributed by atoms with E-state index in [-0.39, 0.29) is 24.2 Å². The van der Waals surface area contributed by atoms with Crippen LogP contribution in [-0.2, 0) is 27.4 Å². The van der Waals surface area contributed by atoms with Gasteiger partial charge in [0.25, 0.3) is 0 Å². The quantitative estimate of drug-likeness (QED) is 0.425. The van der Waals surface area contributed by atoms with Gasteiger partial charge < -0.3 is 19.4 Å². The van der Waals surface area contributed by atoms with Crippen molar-refractivity contribution in [3.8, 4) is 0 Å². The monoisotopic (exact) mass is 553 g/mol. The molecule has 0 bridgehead atoms. The average Bonchev–Trinajstić information content (AvgIpc) is 3.13. The summed E-state index contributed by atoms with van der Waals surface area (Å²) in [5.74, 6) is 1.25. The highest BCUT2D eigenvalue weighted by Crippen LogP contribution is 2.26. The first-order valence-electron chi connectivity index (χ1n) is 13.2. The Morgan fingerprint density at radius 1 is 1.15 bits per heavy atom. The van der Waals surface area contributed by atoms with E-state index in [1.165, 1.54) is 0 Å². The van der Waals surface area contributed by atoms with Crippen molar-refractivity contribution < 1.29 is 18.7 Å². The van der Waals surface area contributed by atoms with Gasteiger partial charge in [-0.05, 0) is 43.7 Å². The van der Waals surface area contributed by atoms with Crippen LogP contribution in [0.1, 0.15) is 28.9 Å². The number of aryl methyl sites for hydroxylation is 1. The number of fused-ring (bicyclic) bond motifs is 2. The third kappa shape index (κ3) is 7.24. The Balaban J connectivity index is 0.00000353. The topological polar surface area (TPSA) is 91.2 Å². The molecule has 1 fully saturated rings. The molecule has 0 radical (unpaired) electrons. The fraction of sp³-hybridized carbons (Fsp3) is 0.414. The Kier molecular flexibility index (Phi) is 9.74. The molecule has 39 heavy (non-hydrogen) atoms. The van der Waals surface area contributed by atoms with Crippen molar-refractivity contribution in [2.24, 2.45) is 0 Å². The van der Waals surface area contributed by atoms with Gasteiger partial charge in [0, 0.05) is 68.6 Å². The number of carbonyl (C=O) groups is 2. The van der Waals surface area contributed by atoms with Crippen molar-refractivity contribution in [3.05, 3.63) is 65.1 Å². The fourth-order valence-corrected chi connectivity index (χ4v) is 5.05. The van der Waals surface area contributed by atoms with Gasteiger partial charge in [0.15, 0.2) is 0 Å². The molecule has 2 aliphatic heterocycles. The molecule has 0 spiro atoms. The lowest BCUT2D eigenvalue weighted by atomic mass is 10.1. The number of pyridine rings is 1. The van der Waals surface area contributed by atoms with E-state index in [9.17, 15) is 9.59 Å². The van der Waals surface area contributed by atoms with E-state index in [1.807, 2.05) is 37.3 Å². The number of para-hydroxylation sites is 1. The smallest absolute Gasteiger partial charge is 0.246 e. The molecule has 5 rings (SSSR count). The number of hydrogen-bond donors (Lipinski definition) is 1. The molecule has 3 aromatic rings. The second kappa shape index (κ2) is 13.2. The van der Waals surface area contributed by atoms with E-state index in [2.05, 4.69) is 20.1 Å². The Hall–Kier alpha value is -3.24. The number of benzene rings is 1. The van der Waals surface area contributed by atoms with E-state index < -0.39 is 0 Å². The number of amides is 2. The molecule has 0 atom stereocenters. The summed E-state index contributed by atoms with van der Waals surface area (Å²) in [5, 5.41) is 3.95. The normalized spacial score (nSPS) is 16.5. The lowest BCUT2D eigenvalue weighted by Gasteiger charge is -2.27. The average molecular weight is 554 g/mol. The maximum Gasteiger partial charge on any atom is 0.246 e. The highest BCUT2D eigenvalue weighted by molar-refractivity contribution is 5.94. The first kappa shape index (κ1) is 28.8. The molecule has 1 saturated heterocycles. The number of nitrogens with zero attached hydrogens (tertiary/aromatic N) is 4. The molecule has 0 saturated carbocycles. The molecule has 2 amide bonds. The predicted octanol–water partition coefficient (Wildman–Crippen LogP) is 3.71. The zero-order chi connectivity index (χ0) is 26.5. The summed E-state index contributed by atoms with van der Waals surface area (Å²) in [6.45, 7) is 8.70. The third-order valence-corrected chi connectivity index (χ3v) is 7.15. The number of hydrogen-bond acceptors (Lipinski definition) is 7. The molecule has 2 aliphatic rings. The number of aromatic nitrogens is 1. The standard InChI is InChI=1S/C29H35N5O4.ClH/c1-21-25(24-6-3-4-7-26(24)38-21)19-32(2)28(36)9-8-22-16-23-18-34(20-27(35)31-29(23)30-17-22)11-5-10-33-12-14-37-15-13-33;/h3-4,6-9,16-17H,5,10-15,18-20H2,1-2H3,(H,30,31,35);1H/b9-8+;. The molecule has 1 aromatic carbocycles. The van der Waals surface area contributed by atoms with Crippen LogP contribution in [0.25, 0.3) is 17.0 Å². The Morgan fingerprint density at radius 3 is 2.74 bits per heavy atom. The summed E-state index contributed by atoms with van der Waals surface area (Å²) in [7, 11) is 1.79. The summed E-state index contributed by atoms with van der Waals surface area (Å²) < 4.78 is 11.3. The van der Waals surface area contributed by atoms with Gasteiger partial charge in [-0.3, -0.25) is 19.4 Å². The number of anilines is 1. The molecule has 0 aliphatic carbocycles. The van der Waals surface area contributed by atoms with Crippen LogP contribution in [0, 0.1) is 6.92 Å². The number of nitrogens with one attached hydrogen (secondary N) is 1. The van der Waals surface area contributed by atoms with E-state index in [1.54, 1.807) is 30.3 Å². The van der Waals surface area contributed by atoms with Crippen LogP contribution in [0.15, 0.2) is 47.0 Å². The number of ether oxygens (including phenoxy) is 1. The Labute approximate surface area is 235 Å². The number of halogens is 1. The number of furan rings is 1. The second-order valence-corrected chi connectivity index (χ2v) is 10.0. The first-order chi connectivity index (χ1) is 18.5. The first-order valence-corrected chi connectivity index (χ1v) is 13.2. The molecular formula is C29H36ClN5O4. The minimum atomic E-state index is -0.109. The highest BCUT2D eigenvalue weighted by atomic mass is 35.5. The molecule has 4 heterocycles. The van der Waals surface area contributed by atoms with Crippen LogP contribution in [-0.4, -0.2) is 84.5 Å². The summed E-state index contributed by atoms with van der Waals surface area (Å²) in [4.78, 5) is 36.0. The van der Waals surface area contributed by atoms with Gasteiger partial charge in [-0.2, -0.15) is 0 Å². The van der Waals surface area contributed by atoms with Crippen molar-refractivity contribution in [3.63, 3.8) is 0 Å². The van der Waals surface area contributed by atoms with Crippen LogP contribution < -0.4 is 5.32 Å². The van der Waals surface area contributed by atoms with E-state index >= 15 is 0 Å². The van der Waals surface area contributed by atoms with E-state index in [0.717, 1.165) is 79.2 Å². The van der Waals surface area contributed by atoms with Crippen molar-refractivity contribution in [2.45, 2.75) is 26.4 Å². The number of likely N-dealkylation sites (N-methyl/N-ethyl adjacent to an activating group) is 1. The lowest BCUT2D eigenvalue weighted by Crippen LogP contribution is -2.38. The predicted molar refractivity (Wildman–Crippen MR) is 154 cm³/mol. The van der Waals surface area contributed by atoms with Crippen molar-refractivity contribution in [1.29, 1.82) is 0 Å². The zero-order valence-corrected chi connectivity index (χ0v) is 23.3. The second-order valence-electron chi connectivity index (χ2n) is 10.0. The summed E-state index contributed by atoms with van der Waals surface area (Å²) in [5.41, 5.74) is 3.61. The Bertz CT molecular complexity index is 1330. The molecular weight excluding hydrogens is 518 g/mol.